The summed E-state index contributed by atoms with van der Waals surface area (Å²) >= 11 is 6.76. The van der Waals surface area contributed by atoms with Gasteiger partial charge in [0.1, 0.15) is 5.76 Å². The predicted molar refractivity (Wildman–Crippen MR) is 76.1 cm³/mol. The minimum absolute atomic E-state index is 0.496. The van der Waals surface area contributed by atoms with Gasteiger partial charge in [0.2, 0.25) is 0 Å². The summed E-state index contributed by atoms with van der Waals surface area (Å²) in [6, 6.07) is 2.50. The number of rotatable bonds is 5. The molecule has 1 fully saturated rings. The molecule has 1 aliphatic heterocycles. The van der Waals surface area contributed by atoms with Crippen molar-refractivity contribution in [3.63, 3.8) is 0 Å². The highest BCUT2D eigenvalue weighted by Gasteiger charge is 2.14. The zero-order valence-electron chi connectivity index (χ0n) is 10.0. The molecule has 1 N–H and O–H groups in total. The molecular formula is C12H18Br2N2O. The average molecular weight is 366 g/mol. The number of hydrogen-bond donors (Lipinski definition) is 1. The summed E-state index contributed by atoms with van der Waals surface area (Å²) in [7, 11) is 0. The van der Waals surface area contributed by atoms with Gasteiger partial charge in [-0.25, -0.2) is 0 Å². The van der Waals surface area contributed by atoms with E-state index in [0.29, 0.717) is 6.04 Å². The molecule has 1 aromatic rings. The summed E-state index contributed by atoms with van der Waals surface area (Å²) in [5.74, 6) is 0.956. The van der Waals surface area contributed by atoms with E-state index in [4.69, 9.17) is 4.42 Å². The van der Waals surface area contributed by atoms with Crippen LogP contribution in [-0.4, -0.2) is 30.6 Å². The first-order valence-corrected chi connectivity index (χ1v) is 7.63. The number of nitrogens with one attached hydrogen (secondary N) is 1. The van der Waals surface area contributed by atoms with Crippen LogP contribution in [0, 0.1) is 0 Å². The van der Waals surface area contributed by atoms with Crippen LogP contribution < -0.4 is 5.32 Å². The second kappa shape index (κ2) is 6.36. The maximum Gasteiger partial charge on any atom is 0.183 e. The van der Waals surface area contributed by atoms with Crippen molar-refractivity contribution in [3.05, 3.63) is 21.0 Å². The monoisotopic (exact) mass is 364 g/mol. The van der Waals surface area contributed by atoms with Crippen LogP contribution in [0.1, 0.15) is 25.5 Å². The molecule has 0 saturated carbocycles. The van der Waals surface area contributed by atoms with E-state index in [1.165, 1.54) is 25.9 Å². The first kappa shape index (κ1) is 13.6. The molecule has 0 bridgehead atoms. The van der Waals surface area contributed by atoms with Gasteiger partial charge in [-0.3, -0.25) is 0 Å². The van der Waals surface area contributed by atoms with Crippen molar-refractivity contribution in [1.29, 1.82) is 0 Å². The third-order valence-electron chi connectivity index (χ3n) is 3.05. The van der Waals surface area contributed by atoms with Crippen LogP contribution in [0.2, 0.25) is 0 Å². The zero-order chi connectivity index (χ0) is 12.3. The summed E-state index contributed by atoms with van der Waals surface area (Å²) in [6.07, 6.45) is 2.70. The average Bonchev–Trinajstić information content (AvgIpc) is 2.87. The number of likely N-dealkylation sites (tertiary alicyclic amines) is 1. The molecule has 2 rings (SSSR count). The Morgan fingerprint density at radius 3 is 2.71 bits per heavy atom. The van der Waals surface area contributed by atoms with Gasteiger partial charge in [-0.15, -0.1) is 0 Å². The number of halogens is 2. The van der Waals surface area contributed by atoms with Gasteiger partial charge in [0.15, 0.2) is 4.67 Å². The lowest BCUT2D eigenvalue weighted by molar-refractivity contribution is 0.294. The molecule has 0 aromatic carbocycles. The SMILES string of the molecule is CC(CN1CCCC1)NCc1cc(Br)c(Br)o1. The van der Waals surface area contributed by atoms with Crippen LogP contribution in [0.5, 0.6) is 0 Å². The molecule has 1 saturated heterocycles. The van der Waals surface area contributed by atoms with Crippen LogP contribution in [0.15, 0.2) is 19.6 Å². The quantitative estimate of drug-likeness (QED) is 0.866. The Hall–Kier alpha value is 0.160. The van der Waals surface area contributed by atoms with Gasteiger partial charge in [-0.05, 0) is 70.8 Å². The molecule has 1 aliphatic rings. The fourth-order valence-electron chi connectivity index (χ4n) is 2.17. The smallest absolute Gasteiger partial charge is 0.183 e. The normalized spacial score (nSPS) is 18.8. The molecule has 17 heavy (non-hydrogen) atoms. The third-order valence-corrected chi connectivity index (χ3v) is 4.76. The van der Waals surface area contributed by atoms with Crippen molar-refractivity contribution in [2.45, 2.75) is 32.4 Å². The summed E-state index contributed by atoms with van der Waals surface area (Å²) < 4.78 is 7.27. The van der Waals surface area contributed by atoms with E-state index in [1.807, 2.05) is 6.07 Å². The Bertz CT molecular complexity index is 342. The van der Waals surface area contributed by atoms with Crippen LogP contribution in [0.4, 0.5) is 0 Å². The Balaban J connectivity index is 1.73. The lowest BCUT2D eigenvalue weighted by atomic mass is 10.3. The molecule has 3 nitrogen and oxygen atoms in total. The predicted octanol–water partition coefficient (Wildman–Crippen LogP) is 3.38. The van der Waals surface area contributed by atoms with Crippen LogP contribution in [-0.2, 0) is 6.54 Å². The highest BCUT2D eigenvalue weighted by Crippen LogP contribution is 2.26. The minimum Gasteiger partial charge on any atom is -0.452 e. The van der Waals surface area contributed by atoms with Crippen molar-refractivity contribution >= 4 is 31.9 Å². The maximum absolute atomic E-state index is 5.53. The van der Waals surface area contributed by atoms with E-state index >= 15 is 0 Å². The van der Waals surface area contributed by atoms with Gasteiger partial charge in [-0.1, -0.05) is 0 Å². The van der Waals surface area contributed by atoms with Crippen molar-refractivity contribution in [1.82, 2.24) is 10.2 Å². The second-order valence-corrected chi connectivity index (χ2v) is 6.20. The van der Waals surface area contributed by atoms with Crippen molar-refractivity contribution in [2.24, 2.45) is 0 Å². The Morgan fingerprint density at radius 2 is 2.12 bits per heavy atom. The lowest BCUT2D eigenvalue weighted by Crippen LogP contribution is -2.37. The zero-order valence-corrected chi connectivity index (χ0v) is 13.2. The van der Waals surface area contributed by atoms with Gasteiger partial charge >= 0.3 is 0 Å². The third kappa shape index (κ3) is 4.09. The molecule has 0 spiro atoms. The number of nitrogens with zero attached hydrogens (tertiary/aromatic N) is 1. The summed E-state index contributed by atoms with van der Waals surface area (Å²) in [4.78, 5) is 2.52. The van der Waals surface area contributed by atoms with E-state index in [2.05, 4.69) is 49.0 Å². The molecule has 0 aliphatic carbocycles. The fraction of sp³-hybridized carbons (Fsp3) is 0.667. The fourth-order valence-corrected chi connectivity index (χ4v) is 2.83. The van der Waals surface area contributed by atoms with Crippen molar-refractivity contribution < 1.29 is 4.42 Å². The van der Waals surface area contributed by atoms with Gasteiger partial charge in [0, 0.05) is 12.6 Å². The summed E-state index contributed by atoms with van der Waals surface area (Å²) in [5.41, 5.74) is 0. The summed E-state index contributed by atoms with van der Waals surface area (Å²) in [6.45, 7) is 6.64. The van der Waals surface area contributed by atoms with Gasteiger partial charge in [0.05, 0.1) is 11.0 Å². The topological polar surface area (TPSA) is 28.4 Å². The minimum atomic E-state index is 0.496. The van der Waals surface area contributed by atoms with E-state index in [1.54, 1.807) is 0 Å². The highest BCUT2D eigenvalue weighted by molar-refractivity contribution is 9.13. The first-order valence-electron chi connectivity index (χ1n) is 6.04. The van der Waals surface area contributed by atoms with Crippen LogP contribution >= 0.6 is 31.9 Å². The first-order chi connectivity index (χ1) is 8.15. The molecular weight excluding hydrogens is 348 g/mol. The Morgan fingerprint density at radius 1 is 1.41 bits per heavy atom. The standard InChI is InChI=1S/C12H18Br2N2O/c1-9(8-16-4-2-3-5-16)15-7-10-6-11(13)12(14)17-10/h6,9,15H,2-5,7-8H2,1H3. The van der Waals surface area contributed by atoms with Crippen LogP contribution in [0.3, 0.4) is 0 Å². The molecule has 0 radical (unpaired) electrons. The largest absolute Gasteiger partial charge is 0.452 e. The van der Waals surface area contributed by atoms with E-state index < -0.39 is 0 Å². The highest BCUT2D eigenvalue weighted by atomic mass is 79.9. The number of furan rings is 1. The van der Waals surface area contributed by atoms with Crippen LogP contribution in [0.25, 0.3) is 0 Å². The second-order valence-electron chi connectivity index (χ2n) is 4.62. The van der Waals surface area contributed by atoms with E-state index in [9.17, 15) is 0 Å². The Labute approximate surface area is 119 Å². The molecule has 0 amide bonds. The summed E-state index contributed by atoms with van der Waals surface area (Å²) in [5, 5.41) is 3.49. The van der Waals surface area contributed by atoms with Gasteiger partial charge in [0.25, 0.3) is 0 Å². The molecule has 1 atom stereocenters. The maximum atomic E-state index is 5.53. The molecule has 2 heterocycles. The van der Waals surface area contributed by atoms with Crippen molar-refractivity contribution in [2.75, 3.05) is 19.6 Å². The van der Waals surface area contributed by atoms with Gasteiger partial charge < -0.3 is 14.6 Å². The lowest BCUT2D eigenvalue weighted by Gasteiger charge is -2.20. The van der Waals surface area contributed by atoms with E-state index in [-0.39, 0.29) is 0 Å². The van der Waals surface area contributed by atoms with E-state index in [0.717, 1.165) is 28.0 Å². The molecule has 96 valence electrons. The number of hydrogen-bond acceptors (Lipinski definition) is 3. The molecule has 1 aromatic heterocycles. The molecule has 1 unspecified atom stereocenters. The van der Waals surface area contributed by atoms with Gasteiger partial charge in [-0.2, -0.15) is 0 Å². The Kier molecular flexibility index (Phi) is 5.09. The molecule has 5 heteroatoms. The van der Waals surface area contributed by atoms with Crippen molar-refractivity contribution in [3.8, 4) is 0 Å².